The molecule has 0 amide bonds. The largest absolute Gasteiger partial charge is 0.463 e. The van der Waals surface area contributed by atoms with E-state index in [2.05, 4.69) is 6.92 Å². The van der Waals surface area contributed by atoms with Crippen molar-refractivity contribution >= 4 is 11.9 Å². The lowest BCUT2D eigenvalue weighted by molar-refractivity contribution is -0.278. The van der Waals surface area contributed by atoms with E-state index in [-0.39, 0.29) is 18.1 Å². The molecule has 0 aliphatic carbocycles. The molecule has 2 aromatic carbocycles. The number of ether oxygens (including phenoxy) is 4. The van der Waals surface area contributed by atoms with E-state index in [1.165, 1.54) is 25.5 Å². The summed E-state index contributed by atoms with van der Waals surface area (Å²) in [5.74, 6) is -0.603. The van der Waals surface area contributed by atoms with Gasteiger partial charge in [0.2, 0.25) is 6.29 Å². The fourth-order valence-corrected chi connectivity index (χ4v) is 3.61. The van der Waals surface area contributed by atoms with Crippen LogP contribution in [0.1, 0.15) is 37.5 Å². The Bertz CT molecular complexity index is 988. The molecule has 3 N–H and O–H groups in total. The highest BCUT2D eigenvalue weighted by Crippen LogP contribution is 2.31. The van der Waals surface area contributed by atoms with E-state index in [9.17, 15) is 24.9 Å². The van der Waals surface area contributed by atoms with Crippen LogP contribution in [0.15, 0.2) is 42.5 Å². The van der Waals surface area contributed by atoms with Crippen molar-refractivity contribution < 1.29 is 43.9 Å². The average Bonchev–Trinajstić information content (AvgIpc) is 2.80. The molecule has 184 valence electrons. The predicted molar refractivity (Wildman–Crippen MR) is 120 cm³/mol. The van der Waals surface area contributed by atoms with Gasteiger partial charge in [-0.05, 0) is 29.2 Å². The van der Waals surface area contributed by atoms with Crippen molar-refractivity contribution in [2.24, 2.45) is 0 Å². The molecule has 0 radical (unpaired) electrons. The van der Waals surface area contributed by atoms with Gasteiger partial charge in [0, 0.05) is 26.3 Å². The van der Waals surface area contributed by atoms with E-state index in [1.807, 2.05) is 24.3 Å². The average molecular weight is 475 g/mol. The quantitative estimate of drug-likeness (QED) is 0.385. The van der Waals surface area contributed by atoms with E-state index in [1.54, 1.807) is 12.1 Å². The first kappa shape index (κ1) is 25.6. The monoisotopic (exact) mass is 474 g/mol. The summed E-state index contributed by atoms with van der Waals surface area (Å²) in [5.41, 5.74) is 2.93. The Kier molecular flexibility index (Phi) is 8.62. The number of esters is 2. The number of aliphatic hydroxyl groups excluding tert-OH is 3. The van der Waals surface area contributed by atoms with Crippen LogP contribution in [0.3, 0.4) is 0 Å². The van der Waals surface area contributed by atoms with Gasteiger partial charge in [-0.2, -0.15) is 0 Å². The number of carbonyl (C=O) groups excluding carboxylic acids is 2. The van der Waals surface area contributed by atoms with Crippen molar-refractivity contribution in [2.45, 2.75) is 64.3 Å². The Labute approximate surface area is 197 Å². The summed E-state index contributed by atoms with van der Waals surface area (Å²) in [6.07, 6.45) is -5.77. The van der Waals surface area contributed by atoms with Crippen molar-refractivity contribution in [1.82, 2.24) is 0 Å². The van der Waals surface area contributed by atoms with Gasteiger partial charge in [0.1, 0.15) is 42.5 Å². The number of rotatable bonds is 8. The summed E-state index contributed by atoms with van der Waals surface area (Å²) >= 11 is 0. The van der Waals surface area contributed by atoms with Crippen molar-refractivity contribution in [3.63, 3.8) is 0 Å². The van der Waals surface area contributed by atoms with Crippen LogP contribution in [0.25, 0.3) is 0 Å². The van der Waals surface area contributed by atoms with Crippen LogP contribution < -0.4 is 9.47 Å². The van der Waals surface area contributed by atoms with Crippen LogP contribution >= 0.6 is 0 Å². The van der Waals surface area contributed by atoms with Gasteiger partial charge >= 0.3 is 11.9 Å². The molecule has 9 nitrogen and oxygen atoms in total. The third-order valence-corrected chi connectivity index (χ3v) is 5.49. The van der Waals surface area contributed by atoms with Crippen LogP contribution in [0.4, 0.5) is 0 Å². The molecule has 1 aliphatic heterocycles. The predicted octanol–water partition coefficient (Wildman–Crippen LogP) is 1.51. The molecule has 5 atom stereocenters. The first-order chi connectivity index (χ1) is 16.2. The fraction of sp³-hybridized carbons (Fsp3) is 0.440. The van der Waals surface area contributed by atoms with Gasteiger partial charge in [-0.25, -0.2) is 0 Å². The first-order valence-electron chi connectivity index (χ1n) is 11.1. The van der Waals surface area contributed by atoms with Crippen molar-refractivity contribution in [3.8, 4) is 11.5 Å². The highest BCUT2D eigenvalue weighted by Gasteiger charge is 2.45. The minimum atomic E-state index is -1.60. The third kappa shape index (κ3) is 6.54. The second-order valence-corrected chi connectivity index (χ2v) is 8.15. The topological polar surface area (TPSA) is 132 Å². The molecular formula is C25H30O9. The first-order valence-corrected chi connectivity index (χ1v) is 11.1. The molecule has 0 saturated carbocycles. The van der Waals surface area contributed by atoms with E-state index >= 15 is 0 Å². The minimum Gasteiger partial charge on any atom is -0.463 e. The van der Waals surface area contributed by atoms with Crippen molar-refractivity contribution in [2.75, 3.05) is 6.61 Å². The standard InChI is InChI=1S/C25H30O9/c1-4-16-5-7-17(8-6-16)11-18-9-10-19(32-15(3)27)12-20(18)33-25-24(30)23(29)22(28)21(34-25)13-31-14(2)26/h5-10,12,21-25,28-30H,4,11,13H2,1-3H3/t21-,22-,23+,24-,25-/m1/s1. The van der Waals surface area contributed by atoms with E-state index in [0.717, 1.165) is 12.0 Å². The Morgan fingerprint density at radius 1 is 0.912 bits per heavy atom. The van der Waals surface area contributed by atoms with Gasteiger partial charge in [0.25, 0.3) is 0 Å². The zero-order chi connectivity index (χ0) is 24.8. The van der Waals surface area contributed by atoms with Crippen LogP contribution in [0.2, 0.25) is 0 Å². The fourth-order valence-electron chi connectivity index (χ4n) is 3.61. The van der Waals surface area contributed by atoms with Gasteiger partial charge in [0.05, 0.1) is 0 Å². The third-order valence-electron chi connectivity index (χ3n) is 5.49. The summed E-state index contributed by atoms with van der Waals surface area (Å²) in [6, 6.07) is 12.9. The van der Waals surface area contributed by atoms with E-state index in [4.69, 9.17) is 18.9 Å². The Balaban J connectivity index is 1.86. The maximum Gasteiger partial charge on any atom is 0.308 e. The van der Waals surface area contributed by atoms with Crippen molar-refractivity contribution in [3.05, 3.63) is 59.2 Å². The molecule has 1 saturated heterocycles. The van der Waals surface area contributed by atoms with Gasteiger partial charge in [-0.15, -0.1) is 0 Å². The molecule has 0 unspecified atom stereocenters. The zero-order valence-electron chi connectivity index (χ0n) is 19.3. The molecule has 1 heterocycles. The molecule has 0 spiro atoms. The molecular weight excluding hydrogens is 444 g/mol. The number of aliphatic hydroxyl groups is 3. The SMILES string of the molecule is CCc1ccc(Cc2ccc(OC(C)=O)cc2O[C@@H]2O[C@H](COC(C)=O)[C@@H](O)[C@H](O)[C@H]2O)cc1. The molecule has 9 heteroatoms. The van der Waals surface area contributed by atoms with Gasteiger partial charge < -0.3 is 34.3 Å². The second-order valence-electron chi connectivity index (χ2n) is 8.15. The number of benzene rings is 2. The van der Waals surface area contributed by atoms with Crippen LogP contribution in [0, 0.1) is 0 Å². The van der Waals surface area contributed by atoms with Crippen LogP contribution in [-0.4, -0.2) is 64.6 Å². The number of aryl methyl sites for hydroxylation is 1. The molecule has 1 fully saturated rings. The van der Waals surface area contributed by atoms with E-state index < -0.39 is 42.6 Å². The summed E-state index contributed by atoms with van der Waals surface area (Å²) < 4.78 is 21.6. The summed E-state index contributed by atoms with van der Waals surface area (Å²) in [6.45, 7) is 4.22. The normalized spacial score (nSPS) is 24.4. The lowest BCUT2D eigenvalue weighted by atomic mass is 9.99. The lowest BCUT2D eigenvalue weighted by Gasteiger charge is -2.40. The van der Waals surface area contributed by atoms with Gasteiger partial charge in [0.15, 0.2) is 0 Å². The summed E-state index contributed by atoms with van der Waals surface area (Å²) in [4.78, 5) is 22.6. The molecule has 34 heavy (non-hydrogen) atoms. The number of carbonyl (C=O) groups is 2. The number of hydrogen-bond acceptors (Lipinski definition) is 9. The molecule has 2 aromatic rings. The smallest absolute Gasteiger partial charge is 0.308 e. The highest BCUT2D eigenvalue weighted by atomic mass is 16.7. The Morgan fingerprint density at radius 3 is 2.21 bits per heavy atom. The zero-order valence-corrected chi connectivity index (χ0v) is 19.3. The number of hydrogen-bond donors (Lipinski definition) is 3. The summed E-state index contributed by atoms with van der Waals surface area (Å²) in [7, 11) is 0. The maximum absolute atomic E-state index is 11.4. The minimum absolute atomic E-state index is 0.231. The second kappa shape index (κ2) is 11.4. The lowest BCUT2D eigenvalue weighted by Crippen LogP contribution is -2.60. The van der Waals surface area contributed by atoms with Crippen molar-refractivity contribution in [1.29, 1.82) is 0 Å². The van der Waals surface area contributed by atoms with Gasteiger partial charge in [-0.3, -0.25) is 9.59 Å². The highest BCUT2D eigenvalue weighted by molar-refractivity contribution is 5.69. The van der Waals surface area contributed by atoms with Crippen LogP contribution in [0.5, 0.6) is 11.5 Å². The van der Waals surface area contributed by atoms with Crippen LogP contribution in [-0.2, 0) is 31.9 Å². The Morgan fingerprint density at radius 2 is 1.59 bits per heavy atom. The molecule has 0 bridgehead atoms. The van der Waals surface area contributed by atoms with E-state index in [0.29, 0.717) is 12.0 Å². The Hall–Kier alpha value is -2.98. The molecule has 3 rings (SSSR count). The maximum atomic E-state index is 11.4. The molecule has 0 aromatic heterocycles. The summed E-state index contributed by atoms with van der Waals surface area (Å²) in [5, 5.41) is 31.0. The molecule has 1 aliphatic rings. The van der Waals surface area contributed by atoms with Gasteiger partial charge in [-0.1, -0.05) is 37.3 Å².